The Morgan fingerprint density at radius 3 is 2.23 bits per heavy atom. The van der Waals surface area contributed by atoms with Crippen molar-refractivity contribution in [3.8, 4) is 0 Å². The van der Waals surface area contributed by atoms with Gasteiger partial charge in [-0.05, 0) is 19.3 Å². The second kappa shape index (κ2) is 4.11. The topological polar surface area (TPSA) is 60.9 Å². The minimum absolute atomic E-state index is 0.410. The molecule has 0 saturated carbocycles. The Morgan fingerprint density at radius 1 is 1.23 bits per heavy atom. The minimum Gasteiger partial charge on any atom is -0.465 e. The van der Waals surface area contributed by atoms with E-state index in [0.717, 1.165) is 24.2 Å². The Kier molecular flexibility index (Phi) is 3.11. The van der Waals surface area contributed by atoms with Gasteiger partial charge in [-0.25, -0.2) is 14.5 Å². The van der Waals surface area contributed by atoms with Gasteiger partial charge < -0.3 is 10.0 Å². The van der Waals surface area contributed by atoms with Crippen molar-refractivity contribution in [2.45, 2.75) is 19.3 Å². The fourth-order valence-corrected chi connectivity index (χ4v) is 1.38. The molecule has 0 radical (unpaired) electrons. The maximum atomic E-state index is 11.4. The molecule has 1 aliphatic heterocycles. The first-order valence-corrected chi connectivity index (χ1v) is 4.38. The van der Waals surface area contributed by atoms with E-state index in [1.165, 1.54) is 7.05 Å². The fourth-order valence-electron chi connectivity index (χ4n) is 1.38. The second-order valence-electron chi connectivity index (χ2n) is 3.17. The van der Waals surface area contributed by atoms with Crippen molar-refractivity contribution in [1.82, 2.24) is 9.80 Å². The van der Waals surface area contributed by atoms with Gasteiger partial charge in [0, 0.05) is 20.1 Å². The third-order valence-electron chi connectivity index (χ3n) is 2.20. The van der Waals surface area contributed by atoms with Gasteiger partial charge in [0.1, 0.15) is 0 Å². The molecule has 0 aromatic carbocycles. The zero-order chi connectivity index (χ0) is 9.84. The van der Waals surface area contributed by atoms with Crippen LogP contribution in [0.1, 0.15) is 19.3 Å². The molecular formula is C8H14N2O3. The van der Waals surface area contributed by atoms with Gasteiger partial charge in [0.25, 0.3) is 0 Å². The molecule has 1 aliphatic rings. The molecular weight excluding hydrogens is 172 g/mol. The molecule has 5 heteroatoms. The molecule has 5 nitrogen and oxygen atoms in total. The molecule has 0 bridgehead atoms. The number of carbonyl (C=O) groups is 2. The van der Waals surface area contributed by atoms with E-state index in [9.17, 15) is 9.59 Å². The van der Waals surface area contributed by atoms with Crippen molar-refractivity contribution in [3.63, 3.8) is 0 Å². The third-order valence-corrected chi connectivity index (χ3v) is 2.20. The average molecular weight is 186 g/mol. The van der Waals surface area contributed by atoms with Gasteiger partial charge in [-0.3, -0.25) is 0 Å². The summed E-state index contributed by atoms with van der Waals surface area (Å²) in [5.74, 6) is 0. The maximum Gasteiger partial charge on any atom is 0.415 e. The van der Waals surface area contributed by atoms with Crippen LogP contribution >= 0.6 is 0 Å². The fraction of sp³-hybridized carbons (Fsp3) is 0.750. The zero-order valence-electron chi connectivity index (χ0n) is 7.69. The van der Waals surface area contributed by atoms with Crippen LogP contribution in [0, 0.1) is 0 Å². The van der Waals surface area contributed by atoms with Gasteiger partial charge in [-0.2, -0.15) is 0 Å². The molecule has 1 N–H and O–H groups in total. The number of piperidine rings is 1. The first-order valence-electron chi connectivity index (χ1n) is 4.38. The van der Waals surface area contributed by atoms with Crippen LogP contribution in [0.15, 0.2) is 0 Å². The number of carbonyl (C=O) groups excluding carboxylic acids is 1. The van der Waals surface area contributed by atoms with Crippen LogP contribution in [0.4, 0.5) is 9.59 Å². The molecule has 3 amide bonds. The summed E-state index contributed by atoms with van der Waals surface area (Å²) in [6, 6.07) is -0.410. The number of urea groups is 1. The van der Waals surface area contributed by atoms with Gasteiger partial charge in [0.2, 0.25) is 0 Å². The summed E-state index contributed by atoms with van der Waals surface area (Å²) in [7, 11) is 1.28. The highest BCUT2D eigenvalue weighted by molar-refractivity contribution is 5.89. The van der Waals surface area contributed by atoms with Gasteiger partial charge in [0.15, 0.2) is 0 Å². The number of nitrogens with zero attached hydrogens (tertiary/aromatic N) is 2. The van der Waals surface area contributed by atoms with E-state index in [-0.39, 0.29) is 0 Å². The van der Waals surface area contributed by atoms with E-state index in [4.69, 9.17) is 5.11 Å². The SMILES string of the molecule is CN(C(=O)O)C(=O)N1CCCCC1. The normalized spacial score (nSPS) is 16.8. The smallest absolute Gasteiger partial charge is 0.415 e. The molecule has 0 aromatic rings. The van der Waals surface area contributed by atoms with E-state index in [1.807, 2.05) is 0 Å². The molecule has 0 atom stereocenters. The van der Waals surface area contributed by atoms with Crippen molar-refractivity contribution >= 4 is 12.1 Å². The zero-order valence-corrected chi connectivity index (χ0v) is 7.69. The molecule has 0 aliphatic carbocycles. The van der Waals surface area contributed by atoms with Gasteiger partial charge in [-0.1, -0.05) is 0 Å². The van der Waals surface area contributed by atoms with Crippen LogP contribution in [0.5, 0.6) is 0 Å². The lowest BCUT2D eigenvalue weighted by molar-refractivity contribution is 0.132. The molecule has 13 heavy (non-hydrogen) atoms. The summed E-state index contributed by atoms with van der Waals surface area (Å²) in [6.07, 6.45) is 1.87. The summed E-state index contributed by atoms with van der Waals surface area (Å²) in [6.45, 7) is 1.35. The molecule has 74 valence electrons. The summed E-state index contributed by atoms with van der Waals surface area (Å²) >= 11 is 0. The van der Waals surface area contributed by atoms with Crippen LogP contribution in [-0.2, 0) is 0 Å². The summed E-state index contributed by atoms with van der Waals surface area (Å²) < 4.78 is 0. The average Bonchev–Trinajstić information content (AvgIpc) is 2.17. The quantitative estimate of drug-likeness (QED) is 0.618. The highest BCUT2D eigenvalue weighted by atomic mass is 16.4. The number of amides is 3. The van der Waals surface area contributed by atoms with Crippen molar-refractivity contribution in [3.05, 3.63) is 0 Å². The lowest BCUT2D eigenvalue weighted by Gasteiger charge is -2.28. The molecule has 1 rings (SSSR count). The number of likely N-dealkylation sites (tertiary alicyclic amines) is 1. The largest absolute Gasteiger partial charge is 0.465 e. The molecule has 0 spiro atoms. The predicted octanol–water partition coefficient (Wildman–Crippen LogP) is 1.20. The van der Waals surface area contributed by atoms with Crippen LogP contribution in [0.25, 0.3) is 0 Å². The highest BCUT2D eigenvalue weighted by Crippen LogP contribution is 2.10. The number of imide groups is 1. The summed E-state index contributed by atoms with van der Waals surface area (Å²) in [4.78, 5) is 24.2. The van der Waals surface area contributed by atoms with Gasteiger partial charge in [-0.15, -0.1) is 0 Å². The number of hydrogen-bond donors (Lipinski definition) is 1. The Labute approximate surface area is 76.9 Å². The maximum absolute atomic E-state index is 11.4. The summed E-state index contributed by atoms with van der Waals surface area (Å²) in [5.41, 5.74) is 0. The Morgan fingerprint density at radius 2 is 1.77 bits per heavy atom. The van der Waals surface area contributed by atoms with E-state index >= 15 is 0 Å². The van der Waals surface area contributed by atoms with Gasteiger partial charge in [0.05, 0.1) is 0 Å². The van der Waals surface area contributed by atoms with Crippen molar-refractivity contribution in [1.29, 1.82) is 0 Å². The Bertz CT molecular complexity index is 211. The van der Waals surface area contributed by atoms with Crippen LogP contribution in [0.2, 0.25) is 0 Å². The van der Waals surface area contributed by atoms with Crippen LogP contribution in [0.3, 0.4) is 0 Å². The van der Waals surface area contributed by atoms with E-state index in [0.29, 0.717) is 13.1 Å². The molecule has 1 fully saturated rings. The predicted molar refractivity (Wildman–Crippen MR) is 46.6 cm³/mol. The molecule has 1 saturated heterocycles. The monoisotopic (exact) mass is 186 g/mol. The van der Waals surface area contributed by atoms with Gasteiger partial charge >= 0.3 is 12.1 Å². The van der Waals surface area contributed by atoms with Crippen LogP contribution in [-0.4, -0.2) is 47.2 Å². The number of hydrogen-bond acceptors (Lipinski definition) is 2. The van der Waals surface area contributed by atoms with E-state index in [2.05, 4.69) is 0 Å². The Hall–Kier alpha value is -1.26. The molecule has 0 unspecified atom stereocenters. The van der Waals surface area contributed by atoms with Crippen molar-refractivity contribution < 1.29 is 14.7 Å². The lowest BCUT2D eigenvalue weighted by Crippen LogP contribution is -2.45. The third kappa shape index (κ3) is 2.34. The number of rotatable bonds is 0. The lowest BCUT2D eigenvalue weighted by atomic mass is 10.1. The van der Waals surface area contributed by atoms with Crippen molar-refractivity contribution in [2.24, 2.45) is 0 Å². The van der Waals surface area contributed by atoms with E-state index < -0.39 is 12.1 Å². The minimum atomic E-state index is -1.20. The first kappa shape index (κ1) is 9.83. The van der Waals surface area contributed by atoms with E-state index in [1.54, 1.807) is 4.90 Å². The highest BCUT2D eigenvalue weighted by Gasteiger charge is 2.23. The number of carboxylic acid groups (broad SMARTS) is 1. The van der Waals surface area contributed by atoms with Crippen molar-refractivity contribution in [2.75, 3.05) is 20.1 Å². The molecule has 1 heterocycles. The Balaban J connectivity index is 2.50. The van der Waals surface area contributed by atoms with Crippen LogP contribution < -0.4 is 0 Å². The first-order chi connectivity index (χ1) is 6.13. The summed E-state index contributed by atoms with van der Waals surface area (Å²) in [5, 5.41) is 8.56. The molecule has 0 aromatic heterocycles. The standard InChI is InChI=1S/C8H14N2O3/c1-9(8(12)13)7(11)10-5-3-2-4-6-10/h2-6H2,1H3,(H,12,13). The second-order valence-corrected chi connectivity index (χ2v) is 3.17.